The van der Waals surface area contributed by atoms with Gasteiger partial charge >= 0.3 is 0 Å². The Labute approximate surface area is 106 Å². The first-order valence-electron chi connectivity index (χ1n) is 6.74. The predicted molar refractivity (Wildman–Crippen MR) is 71.2 cm³/mol. The molecule has 2 aromatic heterocycles. The van der Waals surface area contributed by atoms with Gasteiger partial charge in [0.25, 0.3) is 0 Å². The highest BCUT2D eigenvalue weighted by molar-refractivity contribution is 5.79. The summed E-state index contributed by atoms with van der Waals surface area (Å²) < 4.78 is 0. The Morgan fingerprint density at radius 1 is 1.28 bits per heavy atom. The molecule has 2 aromatic rings. The van der Waals surface area contributed by atoms with Gasteiger partial charge in [0.15, 0.2) is 0 Å². The fourth-order valence-electron chi connectivity index (χ4n) is 3.47. The summed E-state index contributed by atoms with van der Waals surface area (Å²) in [6.45, 7) is 5.95. The third-order valence-corrected chi connectivity index (χ3v) is 4.40. The molecule has 94 valence electrons. The van der Waals surface area contributed by atoms with E-state index in [1.165, 1.54) is 37.1 Å². The third kappa shape index (κ3) is 1.64. The highest BCUT2D eigenvalue weighted by Crippen LogP contribution is 2.28. The lowest BCUT2D eigenvalue weighted by atomic mass is 10.0. The van der Waals surface area contributed by atoms with Gasteiger partial charge in [-0.15, -0.1) is 0 Å². The molecule has 2 aliphatic rings. The quantitative estimate of drug-likeness (QED) is 0.832. The maximum atomic E-state index is 4.35. The van der Waals surface area contributed by atoms with Crippen LogP contribution in [0.2, 0.25) is 0 Å². The monoisotopic (exact) mass is 242 g/mol. The average molecular weight is 242 g/mol. The van der Waals surface area contributed by atoms with Crippen molar-refractivity contribution in [3.05, 3.63) is 30.1 Å². The average Bonchev–Trinajstić information content (AvgIpc) is 3.04. The molecule has 0 amide bonds. The number of likely N-dealkylation sites (tertiary alicyclic amines) is 1. The van der Waals surface area contributed by atoms with Crippen LogP contribution in [0.1, 0.15) is 5.56 Å². The maximum Gasteiger partial charge on any atom is 0.137 e. The normalized spacial score (nSPS) is 28.0. The molecule has 2 atom stereocenters. The molecule has 0 bridgehead atoms. The first-order valence-corrected chi connectivity index (χ1v) is 6.74. The van der Waals surface area contributed by atoms with Crippen LogP contribution in [0.3, 0.4) is 0 Å². The summed E-state index contributed by atoms with van der Waals surface area (Å²) in [6, 6.07) is 4.18. The SMILES string of the molecule is c1cnc2[nH]cc(CN3CC4CNCC4C3)c2c1. The van der Waals surface area contributed by atoms with Gasteiger partial charge < -0.3 is 10.3 Å². The van der Waals surface area contributed by atoms with E-state index in [-0.39, 0.29) is 0 Å². The van der Waals surface area contributed by atoms with E-state index in [0.29, 0.717) is 0 Å². The molecule has 0 spiro atoms. The van der Waals surface area contributed by atoms with Crippen LogP contribution in [0, 0.1) is 11.8 Å². The van der Waals surface area contributed by atoms with Gasteiger partial charge in [-0.25, -0.2) is 4.98 Å². The van der Waals surface area contributed by atoms with E-state index < -0.39 is 0 Å². The number of H-pyrrole nitrogens is 1. The number of nitrogens with one attached hydrogen (secondary N) is 2. The zero-order chi connectivity index (χ0) is 11.9. The van der Waals surface area contributed by atoms with Gasteiger partial charge in [0, 0.05) is 37.4 Å². The van der Waals surface area contributed by atoms with Crippen molar-refractivity contribution in [2.24, 2.45) is 11.8 Å². The van der Waals surface area contributed by atoms with Crippen LogP contribution in [0.15, 0.2) is 24.5 Å². The predicted octanol–water partition coefficient (Wildman–Crippen LogP) is 1.21. The van der Waals surface area contributed by atoms with Crippen LogP contribution in [-0.2, 0) is 6.54 Å². The summed E-state index contributed by atoms with van der Waals surface area (Å²) >= 11 is 0. The van der Waals surface area contributed by atoms with Crippen LogP contribution in [0.5, 0.6) is 0 Å². The van der Waals surface area contributed by atoms with Crippen molar-refractivity contribution in [3.8, 4) is 0 Å². The molecule has 4 nitrogen and oxygen atoms in total. The van der Waals surface area contributed by atoms with E-state index in [1.807, 2.05) is 12.3 Å². The first kappa shape index (κ1) is 10.5. The summed E-state index contributed by atoms with van der Waals surface area (Å²) in [7, 11) is 0. The lowest BCUT2D eigenvalue weighted by molar-refractivity contribution is 0.307. The van der Waals surface area contributed by atoms with Crippen molar-refractivity contribution < 1.29 is 0 Å². The highest BCUT2D eigenvalue weighted by atomic mass is 15.2. The number of pyridine rings is 1. The molecular formula is C14H18N4. The maximum absolute atomic E-state index is 4.35. The van der Waals surface area contributed by atoms with Crippen molar-refractivity contribution in [3.63, 3.8) is 0 Å². The van der Waals surface area contributed by atoms with E-state index in [1.54, 1.807) is 0 Å². The second kappa shape index (κ2) is 4.07. The minimum atomic E-state index is 0.869. The van der Waals surface area contributed by atoms with E-state index >= 15 is 0 Å². The standard InChI is InChI=1S/C14H18N4/c1-2-13-12(6-17-14(13)16-3-1)9-18-7-10-4-15-5-11(10)8-18/h1-3,6,10-11,15H,4-5,7-9H2,(H,16,17). The Hall–Kier alpha value is -1.39. The van der Waals surface area contributed by atoms with Gasteiger partial charge in [-0.2, -0.15) is 0 Å². The van der Waals surface area contributed by atoms with Gasteiger partial charge in [0.2, 0.25) is 0 Å². The van der Waals surface area contributed by atoms with Crippen LogP contribution in [-0.4, -0.2) is 41.0 Å². The zero-order valence-corrected chi connectivity index (χ0v) is 10.4. The van der Waals surface area contributed by atoms with E-state index in [0.717, 1.165) is 24.0 Å². The molecule has 2 saturated heterocycles. The first-order chi connectivity index (χ1) is 8.90. The molecule has 0 radical (unpaired) electrons. The van der Waals surface area contributed by atoms with Crippen LogP contribution < -0.4 is 5.32 Å². The third-order valence-electron chi connectivity index (χ3n) is 4.40. The Kier molecular flexibility index (Phi) is 2.38. The molecular weight excluding hydrogens is 224 g/mol. The molecule has 4 heterocycles. The number of hydrogen-bond acceptors (Lipinski definition) is 3. The van der Waals surface area contributed by atoms with Gasteiger partial charge in [0.1, 0.15) is 5.65 Å². The van der Waals surface area contributed by atoms with E-state index in [4.69, 9.17) is 0 Å². The largest absolute Gasteiger partial charge is 0.346 e. The lowest BCUT2D eigenvalue weighted by Crippen LogP contribution is -2.25. The summed E-state index contributed by atoms with van der Waals surface area (Å²) in [6.07, 6.45) is 3.96. The minimum absolute atomic E-state index is 0.869. The fourth-order valence-corrected chi connectivity index (χ4v) is 3.47. The fraction of sp³-hybridized carbons (Fsp3) is 0.500. The number of fused-ring (bicyclic) bond motifs is 2. The topological polar surface area (TPSA) is 44.0 Å². The van der Waals surface area contributed by atoms with Crippen LogP contribution in [0.25, 0.3) is 11.0 Å². The van der Waals surface area contributed by atoms with Crippen molar-refractivity contribution in [2.45, 2.75) is 6.54 Å². The number of nitrogens with zero attached hydrogens (tertiary/aromatic N) is 2. The second-order valence-corrected chi connectivity index (χ2v) is 5.59. The molecule has 2 aliphatic heterocycles. The van der Waals surface area contributed by atoms with Gasteiger partial charge in [-0.1, -0.05) is 0 Å². The van der Waals surface area contributed by atoms with Crippen molar-refractivity contribution in [1.82, 2.24) is 20.2 Å². The molecule has 0 saturated carbocycles. The Morgan fingerprint density at radius 2 is 2.11 bits per heavy atom. The van der Waals surface area contributed by atoms with E-state index in [9.17, 15) is 0 Å². The van der Waals surface area contributed by atoms with Crippen LogP contribution >= 0.6 is 0 Å². The molecule has 2 fully saturated rings. The summed E-state index contributed by atoms with van der Waals surface area (Å²) in [5.74, 6) is 1.74. The van der Waals surface area contributed by atoms with Crippen molar-refractivity contribution in [1.29, 1.82) is 0 Å². The van der Waals surface area contributed by atoms with Gasteiger partial charge in [-0.05, 0) is 42.6 Å². The van der Waals surface area contributed by atoms with Crippen molar-refractivity contribution >= 4 is 11.0 Å². The molecule has 2 unspecified atom stereocenters. The molecule has 2 N–H and O–H groups in total. The molecule has 4 rings (SSSR count). The minimum Gasteiger partial charge on any atom is -0.346 e. The van der Waals surface area contributed by atoms with E-state index in [2.05, 4.69) is 32.4 Å². The van der Waals surface area contributed by atoms with Crippen molar-refractivity contribution in [2.75, 3.05) is 26.2 Å². The van der Waals surface area contributed by atoms with Crippen LogP contribution in [0.4, 0.5) is 0 Å². The Balaban J connectivity index is 1.55. The number of aromatic nitrogens is 2. The number of hydrogen-bond donors (Lipinski definition) is 2. The lowest BCUT2D eigenvalue weighted by Gasteiger charge is -2.16. The molecule has 0 aliphatic carbocycles. The number of rotatable bonds is 2. The molecule has 0 aromatic carbocycles. The zero-order valence-electron chi connectivity index (χ0n) is 10.4. The van der Waals surface area contributed by atoms with Gasteiger partial charge in [0.05, 0.1) is 0 Å². The summed E-state index contributed by atoms with van der Waals surface area (Å²) in [4.78, 5) is 10.2. The second-order valence-electron chi connectivity index (χ2n) is 5.59. The Morgan fingerprint density at radius 3 is 2.94 bits per heavy atom. The smallest absolute Gasteiger partial charge is 0.137 e. The molecule has 18 heavy (non-hydrogen) atoms. The summed E-state index contributed by atoms with van der Waals surface area (Å²) in [5.41, 5.74) is 2.39. The van der Waals surface area contributed by atoms with Gasteiger partial charge in [-0.3, -0.25) is 4.90 Å². The molecule has 4 heteroatoms. The highest BCUT2D eigenvalue weighted by Gasteiger charge is 2.35. The Bertz CT molecular complexity index is 550. The number of aromatic amines is 1. The summed E-state index contributed by atoms with van der Waals surface area (Å²) in [5, 5.41) is 4.76.